The zero-order valence-electron chi connectivity index (χ0n) is 9.18. The number of hydrogen-bond acceptors (Lipinski definition) is 4. The van der Waals surface area contributed by atoms with Crippen LogP contribution in [0, 0.1) is 11.3 Å². The number of nitrogens with zero attached hydrogens (tertiary/aromatic N) is 1. The third-order valence-electron chi connectivity index (χ3n) is 2.36. The molecule has 1 saturated heterocycles. The van der Waals surface area contributed by atoms with Gasteiger partial charge in [0.2, 0.25) is 5.91 Å². The van der Waals surface area contributed by atoms with Gasteiger partial charge in [0.15, 0.2) is 0 Å². The van der Waals surface area contributed by atoms with Crippen molar-refractivity contribution in [3.63, 3.8) is 0 Å². The number of nitrogens with one attached hydrogen (secondary N) is 1. The van der Waals surface area contributed by atoms with Crippen LogP contribution in [0.2, 0.25) is 0 Å². The summed E-state index contributed by atoms with van der Waals surface area (Å²) in [6, 6.07) is 8.86. The standard InChI is InChI=1S/C12H12N2O2S/c13-5-9-1-3-10(4-2-9)14-12(15)8-17-11-6-16-7-11/h1-4,11H,6-8H2,(H,14,15). The molecule has 0 saturated carbocycles. The lowest BCUT2D eigenvalue weighted by Crippen LogP contribution is -2.31. The molecule has 0 aliphatic carbocycles. The molecule has 1 N–H and O–H groups in total. The molecular weight excluding hydrogens is 236 g/mol. The quantitative estimate of drug-likeness (QED) is 0.879. The third kappa shape index (κ3) is 3.48. The monoisotopic (exact) mass is 248 g/mol. The summed E-state index contributed by atoms with van der Waals surface area (Å²) in [7, 11) is 0. The summed E-state index contributed by atoms with van der Waals surface area (Å²) in [5.41, 5.74) is 1.31. The Bertz CT molecular complexity index is 435. The number of anilines is 1. The molecule has 1 amide bonds. The summed E-state index contributed by atoms with van der Waals surface area (Å²) in [6.07, 6.45) is 0. The largest absolute Gasteiger partial charge is 0.379 e. The third-order valence-corrected chi connectivity index (χ3v) is 3.53. The normalized spacial score (nSPS) is 14.8. The van der Waals surface area contributed by atoms with E-state index in [0.29, 0.717) is 16.6 Å². The van der Waals surface area contributed by atoms with E-state index in [1.54, 1.807) is 36.0 Å². The fraction of sp³-hybridized carbons (Fsp3) is 0.333. The Labute approximate surface area is 104 Å². The molecular formula is C12H12N2O2S. The maximum absolute atomic E-state index is 11.6. The lowest BCUT2D eigenvalue weighted by atomic mass is 10.2. The second-order valence-electron chi connectivity index (χ2n) is 3.71. The maximum Gasteiger partial charge on any atom is 0.234 e. The van der Waals surface area contributed by atoms with Gasteiger partial charge in [-0.15, -0.1) is 11.8 Å². The van der Waals surface area contributed by atoms with E-state index in [1.807, 2.05) is 6.07 Å². The van der Waals surface area contributed by atoms with Crippen molar-refractivity contribution in [1.82, 2.24) is 0 Å². The van der Waals surface area contributed by atoms with Crippen molar-refractivity contribution in [3.05, 3.63) is 29.8 Å². The van der Waals surface area contributed by atoms with Crippen molar-refractivity contribution in [2.45, 2.75) is 5.25 Å². The summed E-state index contributed by atoms with van der Waals surface area (Å²) < 4.78 is 5.03. The van der Waals surface area contributed by atoms with Crippen LogP contribution in [-0.4, -0.2) is 30.1 Å². The first-order valence-corrected chi connectivity index (χ1v) is 6.32. The number of carbonyl (C=O) groups is 1. The lowest BCUT2D eigenvalue weighted by Gasteiger charge is -2.24. The van der Waals surface area contributed by atoms with E-state index in [2.05, 4.69) is 5.32 Å². The number of nitriles is 1. The molecule has 88 valence electrons. The minimum atomic E-state index is -0.0217. The summed E-state index contributed by atoms with van der Waals surface area (Å²) >= 11 is 1.61. The van der Waals surface area contributed by atoms with E-state index < -0.39 is 0 Å². The number of benzene rings is 1. The zero-order valence-corrected chi connectivity index (χ0v) is 10.00. The van der Waals surface area contributed by atoms with Crippen molar-refractivity contribution >= 4 is 23.4 Å². The van der Waals surface area contributed by atoms with Crippen molar-refractivity contribution in [1.29, 1.82) is 5.26 Å². The summed E-state index contributed by atoms with van der Waals surface area (Å²) in [6.45, 7) is 1.49. The van der Waals surface area contributed by atoms with Crippen LogP contribution in [0.15, 0.2) is 24.3 Å². The van der Waals surface area contributed by atoms with E-state index in [0.717, 1.165) is 18.9 Å². The Morgan fingerprint density at radius 2 is 2.18 bits per heavy atom. The van der Waals surface area contributed by atoms with Gasteiger partial charge in [-0.2, -0.15) is 5.26 Å². The highest BCUT2D eigenvalue weighted by atomic mass is 32.2. The van der Waals surface area contributed by atoms with Crippen LogP contribution < -0.4 is 5.32 Å². The van der Waals surface area contributed by atoms with Gasteiger partial charge in [-0.25, -0.2) is 0 Å². The highest BCUT2D eigenvalue weighted by Gasteiger charge is 2.19. The summed E-state index contributed by atoms with van der Waals surface area (Å²) in [4.78, 5) is 11.6. The van der Waals surface area contributed by atoms with Crippen LogP contribution in [0.3, 0.4) is 0 Å². The van der Waals surface area contributed by atoms with Gasteiger partial charge in [0.05, 0.1) is 35.8 Å². The first kappa shape index (κ1) is 12.0. The molecule has 1 fully saturated rings. The molecule has 0 radical (unpaired) electrons. The van der Waals surface area contributed by atoms with Gasteiger partial charge in [0, 0.05) is 5.69 Å². The highest BCUT2D eigenvalue weighted by molar-refractivity contribution is 8.00. The van der Waals surface area contributed by atoms with Crippen LogP contribution in [0.25, 0.3) is 0 Å². The van der Waals surface area contributed by atoms with Crippen molar-refractivity contribution in [2.24, 2.45) is 0 Å². The minimum absolute atomic E-state index is 0.0217. The van der Waals surface area contributed by atoms with Crippen molar-refractivity contribution in [3.8, 4) is 6.07 Å². The second-order valence-corrected chi connectivity index (χ2v) is 5.00. The molecule has 1 heterocycles. The number of hydrogen-bond donors (Lipinski definition) is 1. The van der Waals surface area contributed by atoms with E-state index >= 15 is 0 Å². The molecule has 1 aromatic rings. The fourth-order valence-corrected chi connectivity index (χ4v) is 2.17. The zero-order chi connectivity index (χ0) is 12.1. The van der Waals surface area contributed by atoms with Crippen LogP contribution in [-0.2, 0) is 9.53 Å². The Balaban J connectivity index is 1.78. The summed E-state index contributed by atoms with van der Waals surface area (Å²) in [5.74, 6) is 0.417. The highest BCUT2D eigenvalue weighted by Crippen LogP contribution is 2.19. The first-order valence-electron chi connectivity index (χ1n) is 5.27. The molecule has 4 nitrogen and oxygen atoms in total. The van der Waals surface area contributed by atoms with Crippen LogP contribution >= 0.6 is 11.8 Å². The van der Waals surface area contributed by atoms with Crippen LogP contribution in [0.1, 0.15) is 5.56 Å². The summed E-state index contributed by atoms with van der Waals surface area (Å²) in [5, 5.41) is 11.9. The lowest BCUT2D eigenvalue weighted by molar-refractivity contribution is -0.113. The number of rotatable bonds is 4. The Morgan fingerprint density at radius 3 is 2.71 bits per heavy atom. The van der Waals surface area contributed by atoms with E-state index in [9.17, 15) is 4.79 Å². The molecule has 0 spiro atoms. The Morgan fingerprint density at radius 1 is 1.47 bits per heavy atom. The number of thioether (sulfide) groups is 1. The molecule has 0 bridgehead atoms. The van der Waals surface area contributed by atoms with Gasteiger partial charge in [-0.05, 0) is 24.3 Å². The Hall–Kier alpha value is -1.51. The first-order chi connectivity index (χ1) is 8.28. The van der Waals surface area contributed by atoms with Crippen LogP contribution in [0.4, 0.5) is 5.69 Å². The molecule has 0 atom stereocenters. The molecule has 5 heteroatoms. The molecule has 0 aromatic heterocycles. The predicted molar refractivity (Wildman–Crippen MR) is 66.9 cm³/mol. The smallest absolute Gasteiger partial charge is 0.234 e. The fourth-order valence-electron chi connectivity index (χ4n) is 1.33. The van der Waals surface area contributed by atoms with E-state index in [1.165, 1.54) is 0 Å². The van der Waals surface area contributed by atoms with E-state index in [-0.39, 0.29) is 5.91 Å². The molecule has 2 rings (SSSR count). The van der Waals surface area contributed by atoms with Gasteiger partial charge in [-0.3, -0.25) is 4.79 Å². The van der Waals surface area contributed by atoms with Gasteiger partial charge in [-0.1, -0.05) is 0 Å². The number of amides is 1. The number of ether oxygens (including phenoxy) is 1. The molecule has 1 aliphatic rings. The van der Waals surface area contributed by atoms with Crippen LogP contribution in [0.5, 0.6) is 0 Å². The van der Waals surface area contributed by atoms with Gasteiger partial charge in [0.1, 0.15) is 0 Å². The van der Waals surface area contributed by atoms with Crippen molar-refractivity contribution < 1.29 is 9.53 Å². The maximum atomic E-state index is 11.6. The molecule has 1 aliphatic heterocycles. The predicted octanol–water partition coefficient (Wildman–Crippen LogP) is 1.63. The van der Waals surface area contributed by atoms with E-state index in [4.69, 9.17) is 10.00 Å². The number of carbonyl (C=O) groups excluding carboxylic acids is 1. The van der Waals surface area contributed by atoms with Gasteiger partial charge >= 0.3 is 0 Å². The molecule has 17 heavy (non-hydrogen) atoms. The topological polar surface area (TPSA) is 62.1 Å². The molecule has 1 aromatic carbocycles. The van der Waals surface area contributed by atoms with Gasteiger partial charge in [0.25, 0.3) is 0 Å². The second kappa shape index (κ2) is 5.71. The minimum Gasteiger partial charge on any atom is -0.379 e. The Kier molecular flexibility index (Phi) is 4.02. The van der Waals surface area contributed by atoms with Crippen molar-refractivity contribution in [2.75, 3.05) is 24.3 Å². The average molecular weight is 248 g/mol. The van der Waals surface area contributed by atoms with Gasteiger partial charge < -0.3 is 10.1 Å². The molecule has 0 unspecified atom stereocenters. The average Bonchev–Trinajstić information content (AvgIpc) is 2.28. The SMILES string of the molecule is N#Cc1ccc(NC(=O)CSC2COC2)cc1.